The molecule has 1 aromatic carbocycles. The molecule has 1 aromatic heterocycles. The van der Waals surface area contributed by atoms with Crippen LogP contribution in [0.2, 0.25) is 0 Å². The maximum atomic E-state index is 12.0. The summed E-state index contributed by atoms with van der Waals surface area (Å²) in [4.78, 5) is 18.3. The van der Waals surface area contributed by atoms with Crippen molar-refractivity contribution >= 4 is 5.82 Å². The molecular weight excluding hydrogens is 326 g/mol. The number of nitrogens with one attached hydrogen (secondary N) is 1. The van der Waals surface area contributed by atoms with Crippen molar-refractivity contribution in [2.24, 2.45) is 5.41 Å². The predicted molar refractivity (Wildman–Crippen MR) is 104 cm³/mol. The molecule has 2 aliphatic rings. The third kappa shape index (κ3) is 3.39. The van der Waals surface area contributed by atoms with Crippen molar-refractivity contribution in [2.45, 2.75) is 32.2 Å². The molecule has 26 heavy (non-hydrogen) atoms. The molecule has 2 aromatic rings. The first-order valence-electron chi connectivity index (χ1n) is 9.44. The fraction of sp³-hybridized carbons (Fsp3) is 0.500. The van der Waals surface area contributed by atoms with Crippen LogP contribution >= 0.6 is 0 Å². The topological polar surface area (TPSA) is 76.2 Å². The van der Waals surface area contributed by atoms with E-state index >= 15 is 0 Å². The van der Waals surface area contributed by atoms with Gasteiger partial charge in [-0.15, -0.1) is 0 Å². The van der Waals surface area contributed by atoms with E-state index < -0.39 is 0 Å². The number of nitrogen functional groups attached to an aromatic ring is 1. The summed E-state index contributed by atoms with van der Waals surface area (Å²) in [7, 11) is 0. The van der Waals surface area contributed by atoms with Gasteiger partial charge in [0.25, 0.3) is 0 Å². The molecule has 0 bridgehead atoms. The Kier molecular flexibility index (Phi) is 4.54. The van der Waals surface area contributed by atoms with Gasteiger partial charge in [-0.25, -0.2) is 4.79 Å². The molecule has 1 atom stereocenters. The molecule has 2 aliphatic heterocycles. The van der Waals surface area contributed by atoms with Gasteiger partial charge in [-0.05, 0) is 68.5 Å². The van der Waals surface area contributed by atoms with Gasteiger partial charge in [0.15, 0.2) is 0 Å². The van der Waals surface area contributed by atoms with E-state index in [9.17, 15) is 4.79 Å². The molecule has 2 fully saturated rings. The third-order valence-electron chi connectivity index (χ3n) is 6.05. The molecule has 3 N–H and O–H groups in total. The molecule has 1 unspecified atom stereocenters. The molecule has 0 aliphatic carbocycles. The number of nitrogens with zero attached hydrogens (tertiary/aromatic N) is 3. The van der Waals surface area contributed by atoms with Crippen LogP contribution in [0.15, 0.2) is 41.3 Å². The Morgan fingerprint density at radius 1 is 1.19 bits per heavy atom. The fourth-order valence-electron chi connectivity index (χ4n) is 4.15. The molecule has 138 valence electrons. The van der Waals surface area contributed by atoms with Crippen LogP contribution in [0.25, 0.3) is 5.69 Å². The summed E-state index contributed by atoms with van der Waals surface area (Å²) in [5.41, 5.74) is 7.91. The molecule has 0 saturated carbocycles. The van der Waals surface area contributed by atoms with Crippen LogP contribution < -0.4 is 16.7 Å². The summed E-state index contributed by atoms with van der Waals surface area (Å²) in [6, 6.07) is 10.3. The SMILES string of the molecule is CC(Cc1ccc(-n2ccc(N)nc2=O)cc1)N1CCC2(CC1)CNC2. The summed E-state index contributed by atoms with van der Waals surface area (Å²) in [5, 5.41) is 3.43. The van der Waals surface area contributed by atoms with Gasteiger partial charge in [0.1, 0.15) is 5.82 Å². The number of anilines is 1. The van der Waals surface area contributed by atoms with Gasteiger partial charge in [-0.2, -0.15) is 4.98 Å². The van der Waals surface area contributed by atoms with Crippen molar-refractivity contribution in [3.05, 3.63) is 52.6 Å². The summed E-state index contributed by atoms with van der Waals surface area (Å²) >= 11 is 0. The molecule has 4 rings (SSSR count). The van der Waals surface area contributed by atoms with Crippen LogP contribution in [-0.4, -0.2) is 46.7 Å². The highest BCUT2D eigenvalue weighted by Gasteiger charge is 2.40. The number of hydrogen-bond donors (Lipinski definition) is 2. The number of aromatic nitrogens is 2. The smallest absolute Gasteiger partial charge is 0.354 e. The van der Waals surface area contributed by atoms with E-state index in [1.165, 1.54) is 49.2 Å². The zero-order valence-electron chi connectivity index (χ0n) is 15.3. The maximum absolute atomic E-state index is 12.0. The third-order valence-corrected chi connectivity index (χ3v) is 6.05. The first-order valence-corrected chi connectivity index (χ1v) is 9.44. The lowest BCUT2D eigenvalue weighted by Gasteiger charge is -2.49. The lowest BCUT2D eigenvalue weighted by molar-refractivity contribution is 0.0384. The molecular formula is C20H27N5O. The zero-order valence-corrected chi connectivity index (χ0v) is 15.3. The Morgan fingerprint density at radius 3 is 2.46 bits per heavy atom. The summed E-state index contributed by atoms with van der Waals surface area (Å²) in [5.74, 6) is 0.248. The number of piperidine rings is 1. The van der Waals surface area contributed by atoms with Crippen LogP contribution in [0.4, 0.5) is 5.82 Å². The Balaban J connectivity index is 1.38. The monoisotopic (exact) mass is 353 g/mol. The van der Waals surface area contributed by atoms with Crippen LogP contribution in [0.3, 0.4) is 0 Å². The first kappa shape index (κ1) is 17.2. The second-order valence-corrected chi connectivity index (χ2v) is 7.86. The van der Waals surface area contributed by atoms with Gasteiger partial charge in [0.05, 0.1) is 5.69 Å². The number of likely N-dealkylation sites (tertiary alicyclic amines) is 1. The molecule has 2 saturated heterocycles. The normalized spacial score (nSPS) is 20.7. The van der Waals surface area contributed by atoms with Crippen LogP contribution in [0.1, 0.15) is 25.3 Å². The van der Waals surface area contributed by atoms with Crippen molar-refractivity contribution in [1.29, 1.82) is 0 Å². The van der Waals surface area contributed by atoms with E-state index in [0.29, 0.717) is 11.5 Å². The van der Waals surface area contributed by atoms with Crippen LogP contribution in [0, 0.1) is 5.41 Å². The second-order valence-electron chi connectivity index (χ2n) is 7.86. The molecule has 1 spiro atoms. The minimum atomic E-state index is -0.348. The summed E-state index contributed by atoms with van der Waals surface area (Å²) in [6.45, 7) is 7.13. The fourth-order valence-corrected chi connectivity index (χ4v) is 4.15. The molecule has 3 heterocycles. The van der Waals surface area contributed by atoms with Gasteiger partial charge in [0.2, 0.25) is 0 Å². The van der Waals surface area contributed by atoms with Gasteiger partial charge in [-0.3, -0.25) is 4.57 Å². The Bertz CT molecular complexity index is 815. The Morgan fingerprint density at radius 2 is 1.88 bits per heavy atom. The molecule has 6 nitrogen and oxygen atoms in total. The lowest BCUT2D eigenvalue weighted by Crippen LogP contribution is -2.59. The average Bonchev–Trinajstić information content (AvgIpc) is 2.61. The van der Waals surface area contributed by atoms with Gasteiger partial charge in [0, 0.05) is 25.3 Å². The van der Waals surface area contributed by atoms with E-state index in [0.717, 1.165) is 12.1 Å². The van der Waals surface area contributed by atoms with E-state index in [-0.39, 0.29) is 11.5 Å². The number of benzene rings is 1. The Labute approximate surface area is 154 Å². The van der Waals surface area contributed by atoms with Crippen molar-refractivity contribution in [1.82, 2.24) is 19.8 Å². The van der Waals surface area contributed by atoms with E-state index in [4.69, 9.17) is 5.73 Å². The standard InChI is InChI=1S/C20H27N5O/c1-15(24-10-7-20(8-11-24)13-22-14-20)12-16-2-4-17(5-3-16)25-9-6-18(21)23-19(25)26/h2-6,9,15,22H,7-8,10-14H2,1H3,(H2,21,23,26). The molecule has 0 amide bonds. The number of rotatable bonds is 4. The van der Waals surface area contributed by atoms with E-state index in [1.54, 1.807) is 12.3 Å². The van der Waals surface area contributed by atoms with Crippen molar-refractivity contribution in [3.63, 3.8) is 0 Å². The Hall–Kier alpha value is -2.18. The zero-order chi connectivity index (χ0) is 18.1. The van der Waals surface area contributed by atoms with Crippen LogP contribution in [0.5, 0.6) is 0 Å². The maximum Gasteiger partial charge on any atom is 0.354 e. The van der Waals surface area contributed by atoms with Gasteiger partial charge < -0.3 is 16.0 Å². The minimum absolute atomic E-state index is 0.248. The lowest BCUT2D eigenvalue weighted by atomic mass is 9.73. The van der Waals surface area contributed by atoms with E-state index in [1.807, 2.05) is 12.1 Å². The van der Waals surface area contributed by atoms with Crippen LogP contribution in [-0.2, 0) is 6.42 Å². The minimum Gasteiger partial charge on any atom is -0.383 e. The van der Waals surface area contributed by atoms with Crippen molar-refractivity contribution in [2.75, 3.05) is 31.9 Å². The highest BCUT2D eigenvalue weighted by Crippen LogP contribution is 2.35. The largest absolute Gasteiger partial charge is 0.383 e. The molecule has 0 radical (unpaired) electrons. The quantitative estimate of drug-likeness (QED) is 0.870. The van der Waals surface area contributed by atoms with Crippen molar-refractivity contribution < 1.29 is 0 Å². The highest BCUT2D eigenvalue weighted by atomic mass is 16.1. The molecule has 6 heteroatoms. The van der Waals surface area contributed by atoms with E-state index in [2.05, 4.69) is 34.3 Å². The summed E-state index contributed by atoms with van der Waals surface area (Å²) < 4.78 is 1.51. The highest BCUT2D eigenvalue weighted by molar-refractivity contribution is 5.36. The van der Waals surface area contributed by atoms with Gasteiger partial charge >= 0.3 is 5.69 Å². The first-order chi connectivity index (χ1) is 12.5. The predicted octanol–water partition coefficient (Wildman–Crippen LogP) is 1.43. The van der Waals surface area contributed by atoms with Gasteiger partial charge in [-0.1, -0.05) is 12.1 Å². The number of nitrogens with two attached hydrogens (primary N) is 1. The second kappa shape index (κ2) is 6.85. The number of hydrogen-bond acceptors (Lipinski definition) is 5. The average molecular weight is 353 g/mol. The van der Waals surface area contributed by atoms with Crippen molar-refractivity contribution in [3.8, 4) is 5.69 Å². The summed E-state index contributed by atoms with van der Waals surface area (Å²) in [6.07, 6.45) is 5.33.